The zero-order valence-electron chi connectivity index (χ0n) is 11.9. The van der Waals surface area contributed by atoms with Gasteiger partial charge in [0.05, 0.1) is 22.6 Å². The second-order valence-electron chi connectivity index (χ2n) is 4.78. The first-order valence-electron chi connectivity index (χ1n) is 6.73. The van der Waals surface area contributed by atoms with E-state index in [1.54, 1.807) is 23.5 Å². The maximum absolute atomic E-state index is 8.72. The molecule has 0 atom stereocenters. The van der Waals surface area contributed by atoms with E-state index >= 15 is 0 Å². The minimum Gasteiger partial charge on any atom is -0.494 e. The summed E-state index contributed by atoms with van der Waals surface area (Å²) in [5, 5.41) is 8.72. The number of rotatable bonds is 7. The third-order valence-corrected chi connectivity index (χ3v) is 4.21. The Hall–Kier alpha value is -1.54. The molecule has 2 rings (SSSR count). The van der Waals surface area contributed by atoms with Crippen molar-refractivity contribution in [3.63, 3.8) is 0 Å². The van der Waals surface area contributed by atoms with Crippen LogP contribution in [0.15, 0.2) is 36.4 Å². The first-order valence-corrected chi connectivity index (χ1v) is 7.92. The first-order chi connectivity index (χ1) is 10.2. The van der Waals surface area contributed by atoms with Crippen LogP contribution in [0.5, 0.6) is 5.75 Å². The van der Waals surface area contributed by atoms with E-state index in [0.29, 0.717) is 12.2 Å². The molecule has 2 aromatic rings. The average Bonchev–Trinajstić information content (AvgIpc) is 2.89. The van der Waals surface area contributed by atoms with Crippen LogP contribution in [0.1, 0.15) is 16.9 Å². The van der Waals surface area contributed by atoms with Gasteiger partial charge in [0.25, 0.3) is 0 Å². The highest BCUT2D eigenvalue weighted by molar-refractivity contribution is 7.16. The smallest absolute Gasteiger partial charge is 0.119 e. The van der Waals surface area contributed by atoms with Crippen molar-refractivity contribution in [2.24, 2.45) is 0 Å². The Morgan fingerprint density at radius 1 is 1.24 bits per heavy atom. The van der Waals surface area contributed by atoms with Crippen LogP contribution in [-0.4, -0.2) is 25.1 Å². The molecule has 0 spiro atoms. The summed E-state index contributed by atoms with van der Waals surface area (Å²) in [7, 11) is 2.09. The predicted octanol–water partition coefficient (Wildman–Crippen LogP) is 4.17. The highest BCUT2D eigenvalue weighted by Crippen LogP contribution is 2.22. The Morgan fingerprint density at radius 2 is 2.00 bits per heavy atom. The molecule has 3 nitrogen and oxygen atoms in total. The maximum Gasteiger partial charge on any atom is 0.119 e. The van der Waals surface area contributed by atoms with Gasteiger partial charge in [0, 0.05) is 18.0 Å². The Bertz CT molecular complexity index is 603. The van der Waals surface area contributed by atoms with Crippen LogP contribution in [0, 0.1) is 11.3 Å². The van der Waals surface area contributed by atoms with Crippen molar-refractivity contribution < 1.29 is 4.74 Å². The summed E-state index contributed by atoms with van der Waals surface area (Å²) in [5.41, 5.74) is 0.650. The van der Waals surface area contributed by atoms with Gasteiger partial charge in [-0.05, 0) is 49.9 Å². The number of benzene rings is 1. The summed E-state index contributed by atoms with van der Waals surface area (Å²) < 4.78 is 6.49. The van der Waals surface area contributed by atoms with E-state index in [0.717, 1.165) is 29.6 Å². The lowest BCUT2D eigenvalue weighted by molar-refractivity contribution is 0.260. The van der Waals surface area contributed by atoms with Crippen LogP contribution in [0.4, 0.5) is 0 Å². The molecule has 0 N–H and O–H groups in total. The molecular formula is C16H17ClN2OS. The van der Waals surface area contributed by atoms with Crippen LogP contribution >= 0.6 is 22.9 Å². The molecule has 0 saturated carbocycles. The van der Waals surface area contributed by atoms with Crippen molar-refractivity contribution in [1.29, 1.82) is 5.26 Å². The molecule has 0 radical (unpaired) electrons. The number of hydrogen-bond acceptors (Lipinski definition) is 4. The minimum atomic E-state index is 0.650. The lowest BCUT2D eigenvalue weighted by Gasteiger charge is -2.15. The molecule has 0 bridgehead atoms. The van der Waals surface area contributed by atoms with Crippen LogP contribution < -0.4 is 4.74 Å². The molecule has 0 aliphatic carbocycles. The van der Waals surface area contributed by atoms with E-state index in [4.69, 9.17) is 21.6 Å². The predicted molar refractivity (Wildman–Crippen MR) is 86.9 cm³/mol. The molecule has 0 aliphatic rings. The summed E-state index contributed by atoms with van der Waals surface area (Å²) in [6, 6.07) is 13.3. The summed E-state index contributed by atoms with van der Waals surface area (Å²) in [4.78, 5) is 3.53. The summed E-state index contributed by atoms with van der Waals surface area (Å²) in [6.07, 6.45) is 0.954. The highest BCUT2D eigenvalue weighted by Gasteiger charge is 2.03. The van der Waals surface area contributed by atoms with Gasteiger partial charge in [0.2, 0.25) is 0 Å². The third kappa shape index (κ3) is 5.39. The molecule has 5 heteroatoms. The SMILES string of the molecule is CN(CCCOc1ccc(C#N)cc1)Cc1ccc(Cl)s1. The van der Waals surface area contributed by atoms with Gasteiger partial charge in [-0.3, -0.25) is 0 Å². The van der Waals surface area contributed by atoms with Crippen LogP contribution in [0.3, 0.4) is 0 Å². The molecule has 1 aromatic heterocycles. The molecule has 0 amide bonds. The third-order valence-electron chi connectivity index (χ3n) is 2.99. The molecule has 1 heterocycles. The van der Waals surface area contributed by atoms with Crippen molar-refractivity contribution in [3.05, 3.63) is 51.2 Å². The van der Waals surface area contributed by atoms with E-state index in [2.05, 4.69) is 24.1 Å². The molecule has 0 saturated heterocycles. The quantitative estimate of drug-likeness (QED) is 0.718. The van der Waals surface area contributed by atoms with Gasteiger partial charge in [0.15, 0.2) is 0 Å². The fourth-order valence-electron chi connectivity index (χ4n) is 1.93. The number of halogens is 1. The summed E-state index contributed by atoms with van der Waals surface area (Å²) in [6.45, 7) is 2.54. The topological polar surface area (TPSA) is 36.3 Å². The summed E-state index contributed by atoms with van der Waals surface area (Å²) in [5.74, 6) is 0.807. The van der Waals surface area contributed by atoms with Gasteiger partial charge in [0.1, 0.15) is 5.75 Å². The Balaban J connectivity index is 1.65. The largest absolute Gasteiger partial charge is 0.494 e. The Morgan fingerprint density at radius 3 is 2.62 bits per heavy atom. The zero-order valence-corrected chi connectivity index (χ0v) is 13.5. The standard InChI is InChI=1S/C16H17ClN2OS/c1-19(12-15-7-8-16(17)21-15)9-2-10-20-14-5-3-13(11-18)4-6-14/h3-8H,2,9-10,12H2,1H3. The van der Waals surface area contributed by atoms with Crippen molar-refractivity contribution >= 4 is 22.9 Å². The molecule has 0 aliphatic heterocycles. The van der Waals surface area contributed by atoms with Crippen LogP contribution in [-0.2, 0) is 6.54 Å². The van der Waals surface area contributed by atoms with E-state index in [-0.39, 0.29) is 0 Å². The maximum atomic E-state index is 8.72. The molecule has 1 aromatic carbocycles. The lowest BCUT2D eigenvalue weighted by Crippen LogP contribution is -2.20. The van der Waals surface area contributed by atoms with Gasteiger partial charge in [-0.25, -0.2) is 0 Å². The van der Waals surface area contributed by atoms with Gasteiger partial charge in [-0.2, -0.15) is 5.26 Å². The monoisotopic (exact) mass is 320 g/mol. The number of nitriles is 1. The van der Waals surface area contributed by atoms with Crippen LogP contribution in [0.2, 0.25) is 4.34 Å². The molecular weight excluding hydrogens is 304 g/mol. The number of hydrogen-bond donors (Lipinski definition) is 0. The lowest BCUT2D eigenvalue weighted by atomic mass is 10.2. The van der Waals surface area contributed by atoms with Gasteiger partial charge in [-0.1, -0.05) is 11.6 Å². The Labute approximate surface area is 134 Å². The minimum absolute atomic E-state index is 0.650. The fraction of sp³-hybridized carbons (Fsp3) is 0.312. The second-order valence-corrected chi connectivity index (χ2v) is 6.58. The van der Waals surface area contributed by atoms with E-state index in [1.165, 1.54) is 4.88 Å². The second kappa shape index (κ2) is 8.04. The number of thiophene rings is 1. The number of ether oxygens (including phenoxy) is 1. The van der Waals surface area contributed by atoms with Crippen molar-refractivity contribution in [3.8, 4) is 11.8 Å². The van der Waals surface area contributed by atoms with E-state index in [1.807, 2.05) is 18.2 Å². The van der Waals surface area contributed by atoms with Crippen LogP contribution in [0.25, 0.3) is 0 Å². The molecule has 21 heavy (non-hydrogen) atoms. The average molecular weight is 321 g/mol. The van der Waals surface area contributed by atoms with Crippen molar-refractivity contribution in [2.45, 2.75) is 13.0 Å². The normalized spacial score (nSPS) is 10.6. The summed E-state index contributed by atoms with van der Waals surface area (Å²) >= 11 is 7.54. The first kappa shape index (κ1) is 15.8. The molecule has 0 fully saturated rings. The highest BCUT2D eigenvalue weighted by atomic mass is 35.5. The van der Waals surface area contributed by atoms with Crippen molar-refractivity contribution in [1.82, 2.24) is 4.90 Å². The van der Waals surface area contributed by atoms with Gasteiger partial charge in [-0.15, -0.1) is 11.3 Å². The van der Waals surface area contributed by atoms with E-state index in [9.17, 15) is 0 Å². The fourth-order valence-corrected chi connectivity index (χ4v) is 3.10. The Kier molecular flexibility index (Phi) is 6.06. The van der Waals surface area contributed by atoms with Crippen molar-refractivity contribution in [2.75, 3.05) is 20.2 Å². The van der Waals surface area contributed by atoms with Gasteiger partial charge >= 0.3 is 0 Å². The van der Waals surface area contributed by atoms with Gasteiger partial charge < -0.3 is 9.64 Å². The number of nitrogens with zero attached hydrogens (tertiary/aromatic N) is 2. The zero-order chi connectivity index (χ0) is 15.1. The molecule has 110 valence electrons. The van der Waals surface area contributed by atoms with E-state index < -0.39 is 0 Å². The molecule has 0 unspecified atom stereocenters.